The molecule has 0 aliphatic rings. The third-order valence-electron chi connectivity index (χ3n) is 3.63. The van der Waals surface area contributed by atoms with Gasteiger partial charge in [0.05, 0.1) is 18.4 Å². The molecule has 0 radical (unpaired) electrons. The smallest absolute Gasteiger partial charge is 0.338 e. The number of esters is 1. The molecule has 0 fully saturated rings. The quantitative estimate of drug-likeness (QED) is 0.565. The zero-order chi connectivity index (χ0) is 20.1. The summed E-state index contributed by atoms with van der Waals surface area (Å²) in [6, 6.07) is 13.4. The van der Waals surface area contributed by atoms with Gasteiger partial charge < -0.3 is 14.8 Å². The zero-order valence-electron chi connectivity index (χ0n) is 14.8. The van der Waals surface area contributed by atoms with Crippen LogP contribution in [0.1, 0.15) is 16.1 Å². The lowest BCUT2D eigenvalue weighted by Crippen LogP contribution is -2.15. The Balaban J connectivity index is 1.66. The van der Waals surface area contributed by atoms with E-state index in [-0.39, 0.29) is 22.8 Å². The molecule has 3 N–H and O–H groups in total. The van der Waals surface area contributed by atoms with Crippen molar-refractivity contribution in [1.82, 2.24) is 4.98 Å². The Morgan fingerprint density at radius 2 is 1.96 bits per heavy atom. The second-order valence-corrected chi connectivity index (χ2v) is 8.01. The normalized spacial score (nSPS) is 11.1. The number of ether oxygens (including phenoxy) is 2. The molecule has 1 aromatic heterocycles. The van der Waals surface area contributed by atoms with E-state index in [2.05, 4.69) is 10.3 Å². The van der Waals surface area contributed by atoms with Gasteiger partial charge in [0.25, 0.3) is 0 Å². The highest BCUT2D eigenvalue weighted by Crippen LogP contribution is 2.25. The van der Waals surface area contributed by atoms with Crippen molar-refractivity contribution < 1.29 is 22.7 Å². The summed E-state index contributed by atoms with van der Waals surface area (Å²) in [5.41, 5.74) is 1.51. The maximum atomic E-state index is 12.3. The highest BCUT2D eigenvalue weighted by Gasteiger charge is 2.19. The Bertz CT molecular complexity index is 1080. The molecule has 2 aromatic carbocycles. The first-order valence-electron chi connectivity index (χ1n) is 8.01. The van der Waals surface area contributed by atoms with Crippen LogP contribution < -0.4 is 15.2 Å². The summed E-state index contributed by atoms with van der Waals surface area (Å²) in [4.78, 5) is 16.3. The second-order valence-electron chi connectivity index (χ2n) is 5.62. The molecular formula is C18H17N3O5S2. The first kappa shape index (κ1) is 19.8. The number of primary sulfonamides is 1. The number of aromatic nitrogens is 1. The van der Waals surface area contributed by atoms with Crippen LogP contribution in [0.2, 0.25) is 0 Å². The highest BCUT2D eigenvalue weighted by atomic mass is 32.2. The molecule has 0 aliphatic heterocycles. The highest BCUT2D eigenvalue weighted by molar-refractivity contribution is 7.89. The van der Waals surface area contributed by atoms with E-state index in [0.717, 1.165) is 11.8 Å². The Morgan fingerprint density at radius 3 is 2.64 bits per heavy atom. The first-order chi connectivity index (χ1) is 13.4. The van der Waals surface area contributed by atoms with Crippen molar-refractivity contribution in [3.63, 3.8) is 0 Å². The number of carbonyl (C=O) groups excluding carboxylic acids is 1. The van der Waals surface area contributed by atoms with Gasteiger partial charge in [0, 0.05) is 11.1 Å². The van der Waals surface area contributed by atoms with E-state index >= 15 is 0 Å². The predicted octanol–water partition coefficient (Wildman–Crippen LogP) is 2.90. The van der Waals surface area contributed by atoms with Gasteiger partial charge in [0.15, 0.2) is 5.13 Å². The largest absolute Gasteiger partial charge is 0.495 e. The van der Waals surface area contributed by atoms with Crippen molar-refractivity contribution in [2.75, 3.05) is 12.4 Å². The van der Waals surface area contributed by atoms with Crippen LogP contribution >= 0.6 is 11.3 Å². The number of hydrogen-bond acceptors (Lipinski definition) is 8. The minimum absolute atomic E-state index is 0.0442. The number of nitrogens with two attached hydrogens (primary N) is 1. The lowest BCUT2D eigenvalue weighted by atomic mass is 10.2. The molecule has 0 amide bonds. The van der Waals surface area contributed by atoms with Gasteiger partial charge >= 0.3 is 5.97 Å². The van der Waals surface area contributed by atoms with E-state index in [0.29, 0.717) is 10.8 Å². The fraction of sp³-hybridized carbons (Fsp3) is 0.111. The molecule has 0 bridgehead atoms. The Labute approximate surface area is 166 Å². The summed E-state index contributed by atoms with van der Waals surface area (Å²) in [6.07, 6.45) is 0. The zero-order valence-corrected chi connectivity index (χ0v) is 16.4. The van der Waals surface area contributed by atoms with E-state index in [4.69, 9.17) is 14.6 Å². The minimum Gasteiger partial charge on any atom is -0.495 e. The van der Waals surface area contributed by atoms with Crippen LogP contribution in [-0.2, 0) is 21.4 Å². The predicted molar refractivity (Wildman–Crippen MR) is 105 cm³/mol. The standard InChI is InChI=1S/C18H17N3O5S2/c1-25-15-8-7-12(9-16(15)28(19,23)24)17(22)26-10-14-11-27-18(21-14)20-13-5-3-2-4-6-13/h2-9,11H,10H2,1H3,(H,20,21)(H2,19,23,24). The Kier molecular flexibility index (Phi) is 5.93. The maximum absolute atomic E-state index is 12.3. The van der Waals surface area contributed by atoms with Crippen molar-refractivity contribution in [3.8, 4) is 5.75 Å². The van der Waals surface area contributed by atoms with Gasteiger partial charge in [0.2, 0.25) is 10.0 Å². The summed E-state index contributed by atoms with van der Waals surface area (Å²) < 4.78 is 33.5. The van der Waals surface area contributed by atoms with Gasteiger partial charge in [0.1, 0.15) is 17.3 Å². The lowest BCUT2D eigenvalue weighted by molar-refractivity contribution is 0.0468. The molecule has 10 heteroatoms. The third kappa shape index (κ3) is 4.85. The number of thiazole rings is 1. The van der Waals surface area contributed by atoms with Crippen molar-refractivity contribution in [3.05, 3.63) is 65.2 Å². The fourth-order valence-electron chi connectivity index (χ4n) is 2.32. The summed E-state index contributed by atoms with van der Waals surface area (Å²) in [6.45, 7) is -0.0530. The molecule has 0 aliphatic carbocycles. The summed E-state index contributed by atoms with van der Waals surface area (Å²) in [7, 11) is -2.74. The van der Waals surface area contributed by atoms with Gasteiger partial charge in [-0.25, -0.2) is 23.3 Å². The van der Waals surface area contributed by atoms with Gasteiger partial charge in [-0.05, 0) is 30.3 Å². The van der Waals surface area contributed by atoms with E-state index < -0.39 is 16.0 Å². The molecule has 3 aromatic rings. The fourth-order valence-corrected chi connectivity index (χ4v) is 3.76. The average Bonchev–Trinajstić information content (AvgIpc) is 3.13. The number of hydrogen-bond donors (Lipinski definition) is 2. The number of nitrogens with one attached hydrogen (secondary N) is 1. The summed E-state index contributed by atoms with van der Waals surface area (Å²) in [5.74, 6) is -0.645. The first-order valence-corrected chi connectivity index (χ1v) is 10.4. The second kappa shape index (κ2) is 8.38. The molecule has 0 saturated carbocycles. The van der Waals surface area contributed by atoms with Gasteiger partial charge in [-0.3, -0.25) is 0 Å². The molecule has 0 unspecified atom stereocenters. The van der Waals surface area contributed by atoms with Crippen LogP contribution in [-0.4, -0.2) is 26.5 Å². The molecule has 0 spiro atoms. The molecule has 1 heterocycles. The number of sulfonamides is 1. The number of carbonyl (C=O) groups is 1. The van der Waals surface area contributed by atoms with Gasteiger partial charge in [-0.15, -0.1) is 11.3 Å². The van der Waals surface area contributed by atoms with Crippen LogP contribution in [0.3, 0.4) is 0 Å². The van der Waals surface area contributed by atoms with Crippen molar-refractivity contribution in [1.29, 1.82) is 0 Å². The molecule has 3 rings (SSSR count). The van der Waals surface area contributed by atoms with Crippen molar-refractivity contribution in [2.24, 2.45) is 5.14 Å². The molecule has 0 atom stereocenters. The van der Waals surface area contributed by atoms with E-state index in [1.807, 2.05) is 30.3 Å². The summed E-state index contributed by atoms with van der Waals surface area (Å²) in [5, 5.41) is 10.7. The number of methoxy groups -OCH3 is 1. The number of benzene rings is 2. The van der Waals surface area contributed by atoms with E-state index in [1.165, 1.54) is 30.6 Å². The van der Waals surface area contributed by atoms with Gasteiger partial charge in [-0.1, -0.05) is 18.2 Å². The summed E-state index contributed by atoms with van der Waals surface area (Å²) >= 11 is 1.38. The molecule has 8 nitrogen and oxygen atoms in total. The molecular weight excluding hydrogens is 402 g/mol. The maximum Gasteiger partial charge on any atom is 0.338 e. The number of rotatable bonds is 7. The van der Waals surface area contributed by atoms with Crippen molar-refractivity contribution >= 4 is 38.1 Å². The van der Waals surface area contributed by atoms with Crippen LogP contribution in [0.5, 0.6) is 5.75 Å². The van der Waals surface area contributed by atoms with Crippen molar-refractivity contribution in [2.45, 2.75) is 11.5 Å². The van der Waals surface area contributed by atoms with Crippen LogP contribution in [0.15, 0.2) is 58.8 Å². The van der Waals surface area contributed by atoms with E-state index in [9.17, 15) is 13.2 Å². The van der Waals surface area contributed by atoms with Crippen LogP contribution in [0.25, 0.3) is 0 Å². The SMILES string of the molecule is COc1ccc(C(=O)OCc2csc(Nc3ccccc3)n2)cc1S(N)(=O)=O. The molecule has 28 heavy (non-hydrogen) atoms. The van der Waals surface area contributed by atoms with E-state index in [1.54, 1.807) is 5.38 Å². The molecule has 146 valence electrons. The average molecular weight is 419 g/mol. The van der Waals surface area contributed by atoms with Crippen LogP contribution in [0, 0.1) is 0 Å². The monoisotopic (exact) mass is 419 g/mol. The minimum atomic E-state index is -4.05. The Hall–Kier alpha value is -2.95. The number of anilines is 2. The topological polar surface area (TPSA) is 121 Å². The number of nitrogens with zero attached hydrogens (tertiary/aromatic N) is 1. The van der Waals surface area contributed by atoms with Gasteiger partial charge in [-0.2, -0.15) is 0 Å². The number of para-hydroxylation sites is 1. The van der Waals surface area contributed by atoms with Crippen LogP contribution in [0.4, 0.5) is 10.8 Å². The third-order valence-corrected chi connectivity index (χ3v) is 5.37. The Morgan fingerprint density at radius 1 is 1.21 bits per heavy atom. The lowest BCUT2D eigenvalue weighted by Gasteiger charge is -2.09. The molecule has 0 saturated heterocycles.